The molecule has 28 heavy (non-hydrogen) atoms. The molecule has 1 N–H and O–H groups in total. The Bertz CT molecular complexity index is 854. The molecule has 0 atom stereocenters. The van der Waals surface area contributed by atoms with Crippen LogP contribution in [0.3, 0.4) is 0 Å². The van der Waals surface area contributed by atoms with E-state index in [2.05, 4.69) is 0 Å². The number of methoxy groups -OCH3 is 1. The van der Waals surface area contributed by atoms with Gasteiger partial charge in [-0.25, -0.2) is 0 Å². The molecule has 2 rings (SSSR count). The monoisotopic (exact) mass is 426 g/mol. The third kappa shape index (κ3) is 4.98. The molecule has 0 spiro atoms. The van der Waals surface area contributed by atoms with E-state index in [9.17, 15) is 24.8 Å². The maximum Gasteiger partial charge on any atom is 0.326 e. The summed E-state index contributed by atoms with van der Waals surface area (Å²) in [6.45, 7) is 1.94. The average molecular weight is 426 g/mol. The van der Waals surface area contributed by atoms with E-state index in [0.717, 1.165) is 35.6 Å². The van der Waals surface area contributed by atoms with Gasteiger partial charge in [-0.3, -0.25) is 24.6 Å². The number of carbonyl (C=O) groups is 2. The number of nitrogens with zero attached hydrogens (tertiary/aromatic N) is 2. The fourth-order valence-corrected chi connectivity index (χ4v) is 3.54. The number of phenols is 1. The van der Waals surface area contributed by atoms with E-state index in [-0.39, 0.29) is 33.7 Å². The van der Waals surface area contributed by atoms with Crippen LogP contribution in [0.2, 0.25) is 0 Å². The summed E-state index contributed by atoms with van der Waals surface area (Å²) in [5.41, 5.74) is -0.284. The van der Waals surface area contributed by atoms with E-state index >= 15 is 0 Å². The summed E-state index contributed by atoms with van der Waals surface area (Å²) >= 11 is 6.11. The van der Waals surface area contributed by atoms with Crippen molar-refractivity contribution < 1.29 is 29.1 Å². The number of esters is 1. The molecule has 1 aromatic carbocycles. The molecule has 1 aromatic rings. The minimum atomic E-state index is -0.757. The fraction of sp³-hybridized carbons (Fsp3) is 0.353. The summed E-state index contributed by atoms with van der Waals surface area (Å²) in [5.74, 6) is -1.77. The summed E-state index contributed by atoms with van der Waals surface area (Å²) in [5, 5.41) is 20.9. The molecule has 0 aromatic heterocycles. The Morgan fingerprint density at radius 2 is 2.18 bits per heavy atom. The Kier molecular flexibility index (Phi) is 7.35. The van der Waals surface area contributed by atoms with Crippen molar-refractivity contribution in [3.63, 3.8) is 0 Å². The van der Waals surface area contributed by atoms with Gasteiger partial charge in [-0.15, -0.1) is 0 Å². The SMILES string of the molecule is CCCCOC(=O)CN1C(=O)/C(=C/c2cc(OC)c(O)c([N+](=O)[O-])c2)SC1=S. The Morgan fingerprint density at radius 3 is 2.79 bits per heavy atom. The van der Waals surface area contributed by atoms with Crippen molar-refractivity contribution in [1.29, 1.82) is 0 Å². The number of benzene rings is 1. The average Bonchev–Trinajstić information content (AvgIpc) is 2.90. The number of amides is 1. The molecule has 0 unspecified atom stereocenters. The molecule has 9 nitrogen and oxygen atoms in total. The first-order chi connectivity index (χ1) is 13.3. The highest BCUT2D eigenvalue weighted by Gasteiger charge is 2.34. The van der Waals surface area contributed by atoms with Crippen molar-refractivity contribution in [2.45, 2.75) is 19.8 Å². The zero-order valence-electron chi connectivity index (χ0n) is 15.2. The highest BCUT2D eigenvalue weighted by atomic mass is 32.2. The van der Waals surface area contributed by atoms with Gasteiger partial charge in [0.05, 0.1) is 23.5 Å². The number of rotatable bonds is 8. The Morgan fingerprint density at radius 1 is 1.46 bits per heavy atom. The van der Waals surface area contributed by atoms with Gasteiger partial charge in [-0.05, 0) is 24.1 Å². The second-order valence-corrected chi connectivity index (χ2v) is 7.37. The molecule has 1 aliphatic rings. The lowest BCUT2D eigenvalue weighted by atomic mass is 10.1. The maximum atomic E-state index is 12.6. The van der Waals surface area contributed by atoms with Gasteiger partial charge in [0.25, 0.3) is 5.91 Å². The lowest BCUT2D eigenvalue weighted by molar-refractivity contribution is -0.386. The molecule has 1 heterocycles. The quantitative estimate of drug-likeness (QED) is 0.167. The van der Waals surface area contributed by atoms with Crippen LogP contribution in [0, 0.1) is 10.1 Å². The first-order valence-corrected chi connectivity index (χ1v) is 9.47. The summed E-state index contributed by atoms with van der Waals surface area (Å²) in [6.07, 6.45) is 2.99. The molecule has 0 radical (unpaired) electrons. The van der Waals surface area contributed by atoms with E-state index in [1.807, 2.05) is 6.92 Å². The van der Waals surface area contributed by atoms with Crippen LogP contribution in [0.4, 0.5) is 5.69 Å². The van der Waals surface area contributed by atoms with Gasteiger partial charge >= 0.3 is 11.7 Å². The second-order valence-electron chi connectivity index (χ2n) is 5.69. The first-order valence-electron chi connectivity index (χ1n) is 8.24. The number of hydrogen-bond acceptors (Lipinski definition) is 9. The third-order valence-electron chi connectivity index (χ3n) is 3.71. The van der Waals surface area contributed by atoms with Crippen molar-refractivity contribution in [3.8, 4) is 11.5 Å². The summed E-state index contributed by atoms with van der Waals surface area (Å²) in [7, 11) is 1.26. The van der Waals surface area contributed by atoms with E-state index in [1.165, 1.54) is 19.3 Å². The largest absolute Gasteiger partial charge is 0.500 e. The number of unbranched alkanes of at least 4 members (excludes halogenated alkanes) is 1. The van der Waals surface area contributed by atoms with Crippen LogP contribution in [0.5, 0.6) is 11.5 Å². The Balaban J connectivity index is 2.22. The van der Waals surface area contributed by atoms with Gasteiger partial charge in [0.2, 0.25) is 5.75 Å². The number of thiocarbonyl (C=S) groups is 1. The number of nitro benzene ring substituents is 1. The van der Waals surface area contributed by atoms with Crippen molar-refractivity contribution >= 4 is 51.9 Å². The summed E-state index contributed by atoms with van der Waals surface area (Å²) < 4.78 is 10.2. The molecule has 1 fully saturated rings. The highest BCUT2D eigenvalue weighted by Crippen LogP contribution is 2.39. The Hall–Kier alpha value is -2.66. The number of carbonyl (C=O) groups excluding carboxylic acids is 2. The van der Waals surface area contributed by atoms with Crippen LogP contribution < -0.4 is 4.74 Å². The van der Waals surface area contributed by atoms with Crippen LogP contribution in [0.1, 0.15) is 25.3 Å². The van der Waals surface area contributed by atoms with Gasteiger partial charge in [0.15, 0.2) is 5.75 Å². The highest BCUT2D eigenvalue weighted by molar-refractivity contribution is 8.26. The molecule has 0 aliphatic carbocycles. The van der Waals surface area contributed by atoms with Gasteiger partial charge in [-0.2, -0.15) is 0 Å². The lowest BCUT2D eigenvalue weighted by Gasteiger charge is -2.13. The van der Waals surface area contributed by atoms with Crippen molar-refractivity contribution in [2.75, 3.05) is 20.3 Å². The standard InChI is InChI=1S/C17H18N2O7S2/c1-3-4-5-26-14(20)9-18-16(22)13(28-17(18)27)8-10-6-11(19(23)24)15(21)12(7-10)25-2/h6-8,21H,3-5,9H2,1-2H3/b13-8-. The first kappa shape index (κ1) is 21.6. The molecule has 1 saturated heterocycles. The molecular formula is C17H18N2O7S2. The number of ether oxygens (including phenoxy) is 2. The van der Waals surface area contributed by atoms with Crippen LogP contribution >= 0.6 is 24.0 Å². The summed E-state index contributed by atoms with van der Waals surface area (Å²) in [6, 6.07) is 2.47. The van der Waals surface area contributed by atoms with Crippen LogP contribution in [-0.2, 0) is 14.3 Å². The van der Waals surface area contributed by atoms with E-state index in [1.54, 1.807) is 0 Å². The van der Waals surface area contributed by atoms with Gasteiger partial charge in [0, 0.05) is 6.07 Å². The lowest BCUT2D eigenvalue weighted by Crippen LogP contribution is -2.34. The normalized spacial score (nSPS) is 15.2. The van der Waals surface area contributed by atoms with Crippen LogP contribution in [-0.4, -0.2) is 51.4 Å². The van der Waals surface area contributed by atoms with Gasteiger partial charge < -0.3 is 14.6 Å². The third-order valence-corrected chi connectivity index (χ3v) is 5.09. The number of nitro groups is 1. The molecule has 150 valence electrons. The predicted molar refractivity (Wildman–Crippen MR) is 107 cm³/mol. The molecule has 1 amide bonds. The topological polar surface area (TPSA) is 119 Å². The molecule has 1 aliphatic heterocycles. The predicted octanol–water partition coefficient (Wildman–Crippen LogP) is 2.85. The zero-order valence-corrected chi connectivity index (χ0v) is 16.8. The minimum absolute atomic E-state index is 0.101. The number of hydrogen-bond donors (Lipinski definition) is 1. The van der Waals surface area contributed by atoms with Crippen LogP contribution in [0.15, 0.2) is 17.0 Å². The van der Waals surface area contributed by atoms with Crippen molar-refractivity contribution in [2.24, 2.45) is 0 Å². The van der Waals surface area contributed by atoms with E-state index in [0.29, 0.717) is 0 Å². The zero-order chi connectivity index (χ0) is 20.8. The number of aromatic hydroxyl groups is 1. The molecule has 11 heteroatoms. The van der Waals surface area contributed by atoms with Gasteiger partial charge in [0.1, 0.15) is 10.9 Å². The second kappa shape index (κ2) is 9.51. The summed E-state index contributed by atoms with van der Waals surface area (Å²) in [4.78, 5) is 36.0. The maximum absolute atomic E-state index is 12.6. The van der Waals surface area contributed by atoms with E-state index in [4.69, 9.17) is 21.7 Å². The number of thioether (sulfide) groups is 1. The van der Waals surface area contributed by atoms with Gasteiger partial charge in [-0.1, -0.05) is 37.3 Å². The van der Waals surface area contributed by atoms with Crippen molar-refractivity contribution in [1.82, 2.24) is 4.90 Å². The minimum Gasteiger partial charge on any atom is -0.500 e. The molecular weight excluding hydrogens is 408 g/mol. The number of phenolic OH excluding ortho intramolecular Hbond substituents is 1. The fourth-order valence-electron chi connectivity index (χ4n) is 2.28. The Labute approximate surface area is 170 Å². The van der Waals surface area contributed by atoms with E-state index < -0.39 is 28.2 Å². The van der Waals surface area contributed by atoms with Crippen LogP contribution in [0.25, 0.3) is 6.08 Å². The molecule has 0 bridgehead atoms. The smallest absolute Gasteiger partial charge is 0.326 e. The van der Waals surface area contributed by atoms with Crippen molar-refractivity contribution in [3.05, 3.63) is 32.7 Å². The molecule has 0 saturated carbocycles.